The van der Waals surface area contributed by atoms with Crippen LogP contribution < -0.4 is 0 Å². The zero-order valence-electron chi connectivity index (χ0n) is 10.3. The zero-order chi connectivity index (χ0) is 12.6. The van der Waals surface area contributed by atoms with Gasteiger partial charge in [0.1, 0.15) is 7.85 Å². The molecular formula is C13H19BO2. The van der Waals surface area contributed by atoms with Crippen LogP contribution in [0.1, 0.15) is 27.2 Å². The lowest BCUT2D eigenvalue weighted by molar-refractivity contribution is -0.147. The Bertz CT molecular complexity index is 299. The number of esters is 1. The average molecular weight is 218 g/mol. The van der Waals surface area contributed by atoms with E-state index in [4.69, 9.17) is 12.6 Å². The molecule has 2 radical (unpaired) electrons. The standard InChI is InChI=1S/C13H19BO2/c1-5-12(8-7-11(4)14)9-10(3)13(15)16-6-2/h5,7-8,10H,1,6,9H2,2-4H3/b11-7+,12-8+/t10-/m0/s1. The third-order valence-corrected chi connectivity index (χ3v) is 2.05. The van der Waals surface area contributed by atoms with Crippen molar-refractivity contribution in [3.8, 4) is 0 Å². The van der Waals surface area contributed by atoms with Gasteiger partial charge in [-0.15, -0.1) is 5.47 Å². The predicted molar refractivity (Wildman–Crippen MR) is 68.2 cm³/mol. The van der Waals surface area contributed by atoms with Gasteiger partial charge < -0.3 is 4.74 Å². The van der Waals surface area contributed by atoms with E-state index < -0.39 is 0 Å². The van der Waals surface area contributed by atoms with Gasteiger partial charge in [-0.1, -0.05) is 38.7 Å². The smallest absolute Gasteiger partial charge is 0.308 e. The highest BCUT2D eigenvalue weighted by Crippen LogP contribution is 2.14. The molecule has 86 valence electrons. The van der Waals surface area contributed by atoms with Crippen LogP contribution in [0.3, 0.4) is 0 Å². The van der Waals surface area contributed by atoms with Gasteiger partial charge in [0.2, 0.25) is 0 Å². The van der Waals surface area contributed by atoms with Gasteiger partial charge in [-0.2, -0.15) is 0 Å². The predicted octanol–water partition coefficient (Wildman–Crippen LogP) is 2.76. The number of rotatable bonds is 6. The Morgan fingerprint density at radius 1 is 1.50 bits per heavy atom. The molecule has 0 saturated carbocycles. The molecule has 3 heteroatoms. The highest BCUT2D eigenvalue weighted by atomic mass is 16.5. The molecule has 0 saturated heterocycles. The molecule has 0 aliphatic heterocycles. The van der Waals surface area contributed by atoms with Crippen molar-refractivity contribution in [2.75, 3.05) is 6.61 Å². The van der Waals surface area contributed by atoms with E-state index in [0.717, 1.165) is 11.0 Å². The third-order valence-electron chi connectivity index (χ3n) is 2.05. The van der Waals surface area contributed by atoms with Crippen molar-refractivity contribution >= 4 is 13.8 Å². The molecule has 0 heterocycles. The molecule has 0 unspecified atom stereocenters. The summed E-state index contributed by atoms with van der Waals surface area (Å²) in [6.45, 7) is 9.58. The Balaban J connectivity index is 4.43. The van der Waals surface area contributed by atoms with Crippen molar-refractivity contribution in [3.05, 3.63) is 35.9 Å². The van der Waals surface area contributed by atoms with Crippen molar-refractivity contribution < 1.29 is 9.53 Å². The maximum absolute atomic E-state index is 11.4. The largest absolute Gasteiger partial charge is 0.466 e. The Morgan fingerprint density at radius 2 is 2.12 bits per heavy atom. The summed E-state index contributed by atoms with van der Waals surface area (Å²) in [7, 11) is 5.52. The molecule has 16 heavy (non-hydrogen) atoms. The Morgan fingerprint density at radius 3 is 2.56 bits per heavy atom. The van der Waals surface area contributed by atoms with Crippen LogP contribution in [0, 0.1) is 5.92 Å². The minimum atomic E-state index is -0.177. The first-order valence-electron chi connectivity index (χ1n) is 5.43. The van der Waals surface area contributed by atoms with E-state index in [-0.39, 0.29) is 11.9 Å². The molecule has 0 rings (SSSR count). The van der Waals surface area contributed by atoms with Crippen LogP contribution in [0.2, 0.25) is 0 Å². The average Bonchev–Trinajstić information content (AvgIpc) is 2.23. The monoisotopic (exact) mass is 218 g/mol. The molecule has 0 fully saturated rings. The Kier molecular flexibility index (Phi) is 7.35. The lowest BCUT2D eigenvalue weighted by Gasteiger charge is -2.10. The van der Waals surface area contributed by atoms with Crippen LogP contribution in [0.25, 0.3) is 0 Å². The summed E-state index contributed by atoms with van der Waals surface area (Å²) in [5.74, 6) is -0.334. The molecule has 1 atom stereocenters. The van der Waals surface area contributed by atoms with Crippen molar-refractivity contribution in [3.63, 3.8) is 0 Å². The number of hydrogen-bond acceptors (Lipinski definition) is 2. The van der Waals surface area contributed by atoms with Gasteiger partial charge in [-0.3, -0.25) is 4.79 Å². The number of carbonyl (C=O) groups is 1. The lowest BCUT2D eigenvalue weighted by atomic mass is 9.95. The molecule has 0 aromatic heterocycles. The van der Waals surface area contributed by atoms with Crippen LogP contribution in [0.15, 0.2) is 35.9 Å². The second-order valence-electron chi connectivity index (χ2n) is 3.71. The number of ether oxygens (including phenoxy) is 1. The Hall–Kier alpha value is -1.25. The molecule has 0 bridgehead atoms. The highest BCUT2D eigenvalue weighted by Gasteiger charge is 2.14. The molecule has 0 aromatic carbocycles. The summed E-state index contributed by atoms with van der Waals surface area (Å²) in [6, 6.07) is 0. The van der Waals surface area contributed by atoms with E-state index in [1.165, 1.54) is 0 Å². The first kappa shape index (κ1) is 14.8. The molecule has 0 spiro atoms. The minimum absolute atomic E-state index is 0.157. The van der Waals surface area contributed by atoms with Crippen molar-refractivity contribution in [2.45, 2.75) is 27.2 Å². The molecule has 2 nitrogen and oxygen atoms in total. The van der Waals surface area contributed by atoms with E-state index in [1.54, 1.807) is 19.1 Å². The second-order valence-corrected chi connectivity index (χ2v) is 3.71. The molecule has 0 N–H and O–H groups in total. The van der Waals surface area contributed by atoms with Gasteiger partial charge in [0.15, 0.2) is 0 Å². The topological polar surface area (TPSA) is 26.3 Å². The maximum Gasteiger partial charge on any atom is 0.308 e. The summed E-state index contributed by atoms with van der Waals surface area (Å²) in [6.07, 6.45) is 6.02. The van der Waals surface area contributed by atoms with Crippen LogP contribution in [-0.4, -0.2) is 20.4 Å². The maximum atomic E-state index is 11.4. The van der Waals surface area contributed by atoms with E-state index in [9.17, 15) is 4.79 Å². The van der Waals surface area contributed by atoms with Gasteiger partial charge in [0, 0.05) is 0 Å². The quantitative estimate of drug-likeness (QED) is 0.389. The van der Waals surface area contributed by atoms with Crippen LogP contribution in [-0.2, 0) is 9.53 Å². The van der Waals surface area contributed by atoms with Gasteiger partial charge >= 0.3 is 5.97 Å². The molecule has 0 aliphatic rings. The van der Waals surface area contributed by atoms with Crippen LogP contribution >= 0.6 is 0 Å². The van der Waals surface area contributed by atoms with Crippen molar-refractivity contribution in [1.82, 2.24) is 0 Å². The van der Waals surface area contributed by atoms with Crippen LogP contribution in [0.4, 0.5) is 0 Å². The molecule has 0 amide bonds. The van der Waals surface area contributed by atoms with Crippen molar-refractivity contribution in [2.24, 2.45) is 5.92 Å². The zero-order valence-corrected chi connectivity index (χ0v) is 10.3. The SMILES string of the molecule is [B]/C(C)=C/C=C(\C=C)C[C@H](C)C(=O)OCC. The van der Waals surface area contributed by atoms with E-state index >= 15 is 0 Å². The fraction of sp³-hybridized carbons (Fsp3) is 0.462. The fourth-order valence-electron chi connectivity index (χ4n) is 1.18. The molecule has 0 aromatic rings. The van der Waals surface area contributed by atoms with E-state index in [2.05, 4.69) is 6.58 Å². The van der Waals surface area contributed by atoms with Gasteiger partial charge in [-0.05, 0) is 18.9 Å². The van der Waals surface area contributed by atoms with E-state index in [1.807, 2.05) is 19.9 Å². The fourth-order valence-corrected chi connectivity index (χ4v) is 1.18. The minimum Gasteiger partial charge on any atom is -0.466 e. The summed E-state index contributed by atoms with van der Waals surface area (Å²) in [5, 5.41) is 0. The lowest BCUT2D eigenvalue weighted by Crippen LogP contribution is -2.14. The second kappa shape index (κ2) is 7.97. The van der Waals surface area contributed by atoms with Crippen molar-refractivity contribution in [1.29, 1.82) is 0 Å². The van der Waals surface area contributed by atoms with Gasteiger partial charge in [0.25, 0.3) is 0 Å². The summed E-state index contributed by atoms with van der Waals surface area (Å²) < 4.78 is 4.93. The summed E-state index contributed by atoms with van der Waals surface area (Å²) >= 11 is 0. The number of allylic oxidation sites excluding steroid dienone is 5. The normalized spacial score (nSPS) is 14.4. The molecular weight excluding hydrogens is 199 g/mol. The summed E-state index contributed by atoms with van der Waals surface area (Å²) in [5.41, 5.74) is 1.70. The number of hydrogen-bond donors (Lipinski definition) is 0. The van der Waals surface area contributed by atoms with Crippen LogP contribution in [0.5, 0.6) is 0 Å². The highest BCUT2D eigenvalue weighted by molar-refractivity contribution is 6.21. The number of carbonyl (C=O) groups excluding carboxylic acids is 1. The van der Waals surface area contributed by atoms with Gasteiger partial charge in [0.05, 0.1) is 12.5 Å². The van der Waals surface area contributed by atoms with E-state index in [0.29, 0.717) is 13.0 Å². The Labute approximate surface area is 99.5 Å². The third kappa shape index (κ3) is 6.28. The first-order chi connectivity index (χ1) is 7.51. The summed E-state index contributed by atoms with van der Waals surface area (Å²) in [4.78, 5) is 11.4. The first-order valence-corrected chi connectivity index (χ1v) is 5.43. The molecule has 0 aliphatic carbocycles. The van der Waals surface area contributed by atoms with Gasteiger partial charge in [-0.25, -0.2) is 0 Å².